The number of nitrogens with two attached hydrogens (primary N) is 1. The van der Waals surface area contributed by atoms with Crippen molar-refractivity contribution in [1.82, 2.24) is 20.2 Å². The molecule has 6 nitrogen and oxygen atoms in total. The molecule has 0 saturated carbocycles. The Balaban J connectivity index is 1.60. The molecule has 114 valence electrons. The van der Waals surface area contributed by atoms with Gasteiger partial charge in [-0.15, -0.1) is 5.10 Å². The van der Waals surface area contributed by atoms with E-state index in [2.05, 4.69) is 64.1 Å². The lowest BCUT2D eigenvalue weighted by atomic mass is 10.2. The van der Waals surface area contributed by atoms with Crippen LogP contribution in [0.15, 0.2) is 29.4 Å². The molecule has 2 rings (SSSR count). The van der Waals surface area contributed by atoms with Crippen molar-refractivity contribution in [3.63, 3.8) is 0 Å². The molecular formula is C14H23N6S+. The second-order valence-electron chi connectivity index (χ2n) is 5.13. The Kier molecular flexibility index (Phi) is 6.01. The van der Waals surface area contributed by atoms with Crippen LogP contribution < -0.4 is 10.2 Å². The van der Waals surface area contributed by atoms with Gasteiger partial charge in [0.25, 0.3) is 0 Å². The fraction of sp³-hybridized carbons (Fsp3) is 0.500. The van der Waals surface area contributed by atoms with Gasteiger partial charge >= 0.3 is 0 Å². The lowest BCUT2D eigenvalue weighted by molar-refractivity contribution is -0.670. The maximum Gasteiger partial charge on any atom is 0.209 e. The number of nitrogens with zero attached hydrogens (tertiary/aromatic N) is 5. The minimum atomic E-state index is 0.884. The lowest BCUT2D eigenvalue weighted by Crippen LogP contribution is -2.82. The molecule has 0 bridgehead atoms. The van der Waals surface area contributed by atoms with Crippen LogP contribution in [0.5, 0.6) is 0 Å². The number of thioether (sulfide) groups is 1. The molecule has 0 fully saturated rings. The number of aromatic nitrogens is 4. The van der Waals surface area contributed by atoms with E-state index in [1.807, 2.05) is 7.05 Å². The van der Waals surface area contributed by atoms with Crippen LogP contribution in [0.1, 0.15) is 12.0 Å². The van der Waals surface area contributed by atoms with Gasteiger partial charge < -0.3 is 10.2 Å². The van der Waals surface area contributed by atoms with Crippen LogP contribution in [0.25, 0.3) is 0 Å². The third kappa shape index (κ3) is 5.02. The Morgan fingerprint density at radius 3 is 2.62 bits per heavy atom. The van der Waals surface area contributed by atoms with E-state index < -0.39 is 0 Å². The quantitative estimate of drug-likeness (QED) is 0.569. The van der Waals surface area contributed by atoms with Gasteiger partial charge in [0.05, 0.1) is 6.54 Å². The number of quaternary nitrogens is 1. The molecule has 0 radical (unpaired) electrons. The zero-order valence-electron chi connectivity index (χ0n) is 12.9. The average Bonchev–Trinajstić information content (AvgIpc) is 2.88. The van der Waals surface area contributed by atoms with Gasteiger partial charge in [-0.05, 0) is 22.6 Å². The minimum Gasteiger partial charge on any atom is -0.378 e. The number of tetrazole rings is 1. The number of anilines is 1. The topological polar surface area (TPSA) is 63.5 Å². The summed E-state index contributed by atoms with van der Waals surface area (Å²) in [4.78, 5) is 2.12. The summed E-state index contributed by atoms with van der Waals surface area (Å²) >= 11 is 1.71. The summed E-state index contributed by atoms with van der Waals surface area (Å²) in [5, 5.41) is 14.6. The number of rotatable bonds is 8. The van der Waals surface area contributed by atoms with E-state index in [4.69, 9.17) is 0 Å². The SMILES string of the molecule is CN(C)c1ccc(C[NH2+]CCCSc2nnnn2C)cc1. The first-order valence-corrected chi connectivity index (χ1v) is 8.08. The predicted molar refractivity (Wildman–Crippen MR) is 85.4 cm³/mol. The molecule has 0 aliphatic heterocycles. The van der Waals surface area contributed by atoms with E-state index in [0.717, 1.165) is 30.4 Å². The van der Waals surface area contributed by atoms with Gasteiger partial charge in [-0.25, -0.2) is 4.68 Å². The first kappa shape index (κ1) is 15.8. The van der Waals surface area contributed by atoms with Crippen LogP contribution in [-0.2, 0) is 13.6 Å². The van der Waals surface area contributed by atoms with E-state index in [0.29, 0.717) is 0 Å². The summed E-state index contributed by atoms with van der Waals surface area (Å²) in [5.74, 6) is 1.05. The van der Waals surface area contributed by atoms with Crippen LogP contribution in [-0.4, -0.2) is 46.6 Å². The Bertz CT molecular complexity index is 537. The fourth-order valence-corrected chi connectivity index (χ4v) is 2.74. The lowest BCUT2D eigenvalue weighted by Gasteiger charge is -2.12. The molecule has 2 aromatic rings. The number of hydrogen-bond donors (Lipinski definition) is 1. The van der Waals surface area contributed by atoms with Crippen LogP contribution in [0.4, 0.5) is 5.69 Å². The summed E-state index contributed by atoms with van der Waals surface area (Å²) < 4.78 is 1.71. The highest BCUT2D eigenvalue weighted by Gasteiger charge is 2.03. The zero-order valence-corrected chi connectivity index (χ0v) is 13.7. The molecule has 0 spiro atoms. The number of benzene rings is 1. The van der Waals surface area contributed by atoms with Crippen molar-refractivity contribution < 1.29 is 5.32 Å². The van der Waals surface area contributed by atoms with E-state index in [1.54, 1.807) is 16.4 Å². The Labute approximate surface area is 129 Å². The Morgan fingerprint density at radius 2 is 2.00 bits per heavy atom. The van der Waals surface area contributed by atoms with Gasteiger partial charge in [-0.2, -0.15) is 0 Å². The van der Waals surface area contributed by atoms with Crippen molar-refractivity contribution >= 4 is 17.4 Å². The highest BCUT2D eigenvalue weighted by atomic mass is 32.2. The van der Waals surface area contributed by atoms with Crippen LogP contribution in [0.2, 0.25) is 0 Å². The van der Waals surface area contributed by atoms with Crippen molar-refractivity contribution in [2.45, 2.75) is 18.1 Å². The molecule has 1 heterocycles. The summed E-state index contributed by atoms with van der Waals surface area (Å²) in [6.45, 7) is 2.15. The molecule has 0 amide bonds. The van der Waals surface area contributed by atoms with Gasteiger partial charge in [0.15, 0.2) is 0 Å². The maximum atomic E-state index is 3.95. The number of aryl methyl sites for hydroxylation is 1. The molecule has 7 heteroatoms. The standard InChI is InChI=1S/C14H22N6S/c1-19(2)13-7-5-12(6-8-13)11-15-9-4-10-21-14-16-17-18-20(14)3/h5-8,15H,4,9-11H2,1-3H3/p+1. The van der Waals surface area contributed by atoms with Gasteiger partial charge in [0, 0.05) is 44.6 Å². The fourth-order valence-electron chi connectivity index (χ4n) is 1.93. The summed E-state index contributed by atoms with van der Waals surface area (Å²) in [6.07, 6.45) is 1.15. The first-order valence-electron chi connectivity index (χ1n) is 7.10. The van der Waals surface area contributed by atoms with Gasteiger partial charge in [0.2, 0.25) is 5.16 Å². The average molecular weight is 307 g/mol. The Morgan fingerprint density at radius 1 is 1.24 bits per heavy atom. The molecule has 21 heavy (non-hydrogen) atoms. The molecule has 2 N–H and O–H groups in total. The second kappa shape index (κ2) is 7.99. The minimum absolute atomic E-state index is 0.884. The van der Waals surface area contributed by atoms with Crippen molar-refractivity contribution in [2.75, 3.05) is 31.3 Å². The third-order valence-electron chi connectivity index (χ3n) is 3.20. The zero-order chi connectivity index (χ0) is 15.1. The predicted octanol–water partition coefficient (Wildman–Crippen LogP) is 0.522. The maximum absolute atomic E-state index is 3.95. The molecule has 0 aliphatic rings. The van der Waals surface area contributed by atoms with E-state index in [9.17, 15) is 0 Å². The van der Waals surface area contributed by atoms with Crippen molar-refractivity contribution in [3.05, 3.63) is 29.8 Å². The van der Waals surface area contributed by atoms with E-state index in [1.165, 1.54) is 11.3 Å². The van der Waals surface area contributed by atoms with E-state index >= 15 is 0 Å². The largest absolute Gasteiger partial charge is 0.378 e. The summed E-state index contributed by atoms with van der Waals surface area (Å²) in [5.41, 5.74) is 2.61. The highest BCUT2D eigenvalue weighted by molar-refractivity contribution is 7.99. The van der Waals surface area contributed by atoms with Crippen LogP contribution >= 0.6 is 11.8 Å². The summed E-state index contributed by atoms with van der Waals surface area (Å²) in [6, 6.07) is 8.73. The first-order chi connectivity index (χ1) is 10.2. The molecule has 0 aliphatic carbocycles. The monoisotopic (exact) mass is 307 g/mol. The molecule has 1 aromatic carbocycles. The smallest absolute Gasteiger partial charge is 0.209 e. The van der Waals surface area contributed by atoms with Gasteiger partial charge in [0.1, 0.15) is 6.54 Å². The van der Waals surface area contributed by atoms with Crippen LogP contribution in [0, 0.1) is 0 Å². The molecular weight excluding hydrogens is 284 g/mol. The second-order valence-corrected chi connectivity index (χ2v) is 6.19. The van der Waals surface area contributed by atoms with Crippen molar-refractivity contribution in [1.29, 1.82) is 0 Å². The number of hydrogen-bond acceptors (Lipinski definition) is 5. The van der Waals surface area contributed by atoms with Gasteiger partial charge in [-0.3, -0.25) is 0 Å². The van der Waals surface area contributed by atoms with Gasteiger partial charge in [-0.1, -0.05) is 23.9 Å². The van der Waals surface area contributed by atoms with Crippen molar-refractivity contribution in [2.24, 2.45) is 7.05 Å². The van der Waals surface area contributed by atoms with E-state index in [-0.39, 0.29) is 0 Å². The molecule has 0 saturated heterocycles. The van der Waals surface area contributed by atoms with Crippen LogP contribution in [0.3, 0.4) is 0 Å². The Hall–Kier alpha value is -1.60. The summed E-state index contributed by atoms with van der Waals surface area (Å²) in [7, 11) is 5.99. The molecule has 0 atom stereocenters. The third-order valence-corrected chi connectivity index (χ3v) is 4.29. The highest BCUT2D eigenvalue weighted by Crippen LogP contribution is 2.13. The van der Waals surface area contributed by atoms with Crippen molar-refractivity contribution in [3.8, 4) is 0 Å². The molecule has 1 aromatic heterocycles. The molecule has 0 unspecified atom stereocenters. The normalized spacial score (nSPS) is 10.8.